The summed E-state index contributed by atoms with van der Waals surface area (Å²) in [6.45, 7) is 0.0904. The van der Waals surface area contributed by atoms with E-state index in [1.54, 1.807) is 48.5 Å². The van der Waals surface area contributed by atoms with Crippen LogP contribution >= 0.6 is 21.6 Å². The molecule has 4 amide bonds. The third-order valence-corrected chi connectivity index (χ3v) is 8.87. The van der Waals surface area contributed by atoms with Crippen molar-refractivity contribution in [3.8, 4) is 0 Å². The Labute approximate surface area is 272 Å². The monoisotopic (exact) mass is 650 g/mol. The van der Waals surface area contributed by atoms with E-state index in [9.17, 15) is 19.2 Å². The van der Waals surface area contributed by atoms with E-state index < -0.39 is 0 Å². The highest BCUT2D eigenvalue weighted by Crippen LogP contribution is 2.31. The Morgan fingerprint density at radius 1 is 0.478 bits per heavy atom. The molecule has 0 aromatic heterocycles. The van der Waals surface area contributed by atoms with Gasteiger partial charge in [-0.25, -0.2) is 9.98 Å². The first kappa shape index (κ1) is 30.8. The second-order valence-corrected chi connectivity index (χ2v) is 11.9. The fraction of sp³-hybridized carbons (Fsp3) is 0.118. The van der Waals surface area contributed by atoms with Gasteiger partial charge in [0.25, 0.3) is 34.1 Å². The van der Waals surface area contributed by atoms with Gasteiger partial charge >= 0.3 is 0 Å². The molecule has 2 aliphatic heterocycles. The van der Waals surface area contributed by atoms with Crippen LogP contribution in [0.25, 0.3) is 0 Å². The normalized spacial score (nSPS) is 14.5. The van der Waals surface area contributed by atoms with Crippen LogP contribution in [0.15, 0.2) is 119 Å². The van der Waals surface area contributed by atoms with Gasteiger partial charge in [-0.3, -0.25) is 29.0 Å². The Morgan fingerprint density at radius 2 is 0.783 bits per heavy atom. The highest BCUT2D eigenvalue weighted by Gasteiger charge is 2.36. The molecule has 0 saturated heterocycles. The van der Waals surface area contributed by atoms with E-state index in [0.29, 0.717) is 33.6 Å². The molecule has 0 N–H and O–H groups in total. The first-order chi connectivity index (χ1) is 22.5. The number of rotatable bonds is 8. The van der Waals surface area contributed by atoms with Gasteiger partial charge in [0.15, 0.2) is 0 Å². The van der Waals surface area contributed by atoms with E-state index in [-0.39, 0.29) is 60.4 Å². The summed E-state index contributed by atoms with van der Waals surface area (Å²) in [5.74, 6) is -1.46. The highest BCUT2D eigenvalue weighted by atomic mass is 33.1. The number of hydrogen-bond donors (Lipinski definition) is 0. The third-order valence-electron chi connectivity index (χ3n) is 6.97. The van der Waals surface area contributed by atoms with Crippen LogP contribution in [0.4, 0.5) is 11.4 Å². The predicted octanol–water partition coefficient (Wildman–Crippen LogP) is 6.37. The minimum absolute atomic E-state index is 0.0104. The molecule has 10 nitrogen and oxygen atoms in total. The molecule has 12 heteroatoms. The molecular weight excluding hydrogens is 625 g/mol. The number of fused-ring (bicyclic) bond motifs is 2. The van der Waals surface area contributed by atoms with Crippen LogP contribution in [-0.2, 0) is 9.47 Å². The van der Waals surface area contributed by atoms with Crippen molar-refractivity contribution < 1.29 is 28.7 Å². The molecule has 0 spiro atoms. The fourth-order valence-electron chi connectivity index (χ4n) is 4.77. The molecule has 46 heavy (non-hydrogen) atoms. The van der Waals surface area contributed by atoms with Gasteiger partial charge in [0.2, 0.25) is 0 Å². The van der Waals surface area contributed by atoms with Crippen molar-refractivity contribution in [3.63, 3.8) is 0 Å². The molecule has 2 heterocycles. The lowest BCUT2D eigenvalue weighted by molar-refractivity contribution is 0.0615. The number of para-hydroxylation sites is 2. The van der Waals surface area contributed by atoms with Crippen LogP contribution in [0.5, 0.6) is 0 Å². The number of hydrogen-bond acceptors (Lipinski definition) is 10. The number of nitrogens with zero attached hydrogens (tertiary/aromatic N) is 4. The second-order valence-electron chi connectivity index (χ2n) is 9.91. The summed E-state index contributed by atoms with van der Waals surface area (Å²) in [5.41, 5.74) is 2.76. The lowest BCUT2D eigenvalue weighted by Gasteiger charge is -2.16. The number of aliphatic imine (C=N–C) groups is 2. The molecule has 0 radical (unpaired) electrons. The summed E-state index contributed by atoms with van der Waals surface area (Å²) in [6, 6.07) is 31.8. The van der Waals surface area contributed by atoms with E-state index in [1.165, 1.54) is 0 Å². The predicted molar refractivity (Wildman–Crippen MR) is 178 cm³/mol. The minimum Gasteiger partial charge on any atom is -0.470 e. The summed E-state index contributed by atoms with van der Waals surface area (Å²) in [6.07, 6.45) is 0. The first-order valence-electron chi connectivity index (χ1n) is 14.3. The van der Waals surface area contributed by atoms with Gasteiger partial charge in [0.1, 0.15) is 13.2 Å². The van der Waals surface area contributed by atoms with Gasteiger partial charge in [-0.05, 0) is 48.5 Å². The number of carbonyl (C=O) groups excluding carboxylic acids is 4. The zero-order valence-corrected chi connectivity index (χ0v) is 25.9. The Hall–Kier alpha value is -5.20. The number of ether oxygens (including phenoxy) is 2. The van der Waals surface area contributed by atoms with Gasteiger partial charge < -0.3 is 9.47 Å². The van der Waals surface area contributed by atoms with Gasteiger partial charge in [-0.15, -0.1) is 0 Å². The number of amides is 4. The molecule has 0 atom stereocenters. The average molecular weight is 651 g/mol. The van der Waals surface area contributed by atoms with Crippen LogP contribution in [0.3, 0.4) is 0 Å². The smallest absolute Gasteiger partial charge is 0.262 e. The Bertz CT molecular complexity index is 1640. The van der Waals surface area contributed by atoms with Crippen LogP contribution < -0.4 is 0 Å². The van der Waals surface area contributed by atoms with E-state index in [1.807, 2.05) is 60.7 Å². The van der Waals surface area contributed by atoms with Gasteiger partial charge in [0, 0.05) is 21.6 Å². The Morgan fingerprint density at radius 3 is 1.11 bits per heavy atom. The summed E-state index contributed by atoms with van der Waals surface area (Å²) in [7, 11) is 2.28. The number of carbonyl (C=O) groups is 4. The maximum atomic E-state index is 12.8. The van der Waals surface area contributed by atoms with Crippen molar-refractivity contribution in [2.24, 2.45) is 9.98 Å². The van der Waals surface area contributed by atoms with Crippen molar-refractivity contribution in [2.75, 3.05) is 26.3 Å². The molecular formula is C34H26N4O6S2. The van der Waals surface area contributed by atoms with Crippen molar-refractivity contribution in [2.45, 2.75) is 0 Å². The summed E-state index contributed by atoms with van der Waals surface area (Å²) < 4.78 is 12.0. The molecule has 0 fully saturated rings. The maximum absolute atomic E-state index is 12.8. The first-order valence-corrected chi connectivity index (χ1v) is 16.4. The number of benzene rings is 4. The lowest BCUT2D eigenvalue weighted by atomic mass is 10.1. The standard InChI is InChI=1S/C34H26N4O6S2/c39-29-25-15-7-8-16-26(25)30(40)37(29)19-21-43-33(35-23-11-3-1-4-12-23)45-46-34(36-24-13-5-2-6-14-24)44-22-20-38-31(41)27-17-9-10-18-28(27)32(38)42/h1-18H,19-22H2. The van der Waals surface area contributed by atoms with E-state index in [2.05, 4.69) is 9.98 Å². The van der Waals surface area contributed by atoms with E-state index >= 15 is 0 Å². The zero-order valence-electron chi connectivity index (χ0n) is 24.3. The van der Waals surface area contributed by atoms with Crippen molar-refractivity contribution >= 4 is 67.1 Å². The highest BCUT2D eigenvalue weighted by molar-refractivity contribution is 8.87. The van der Waals surface area contributed by atoms with Crippen molar-refractivity contribution in [1.29, 1.82) is 0 Å². The second kappa shape index (κ2) is 14.3. The molecule has 230 valence electrons. The van der Waals surface area contributed by atoms with Crippen LogP contribution in [0.1, 0.15) is 41.4 Å². The average Bonchev–Trinajstić information content (AvgIpc) is 3.48. The van der Waals surface area contributed by atoms with Crippen LogP contribution in [0, 0.1) is 0 Å². The van der Waals surface area contributed by atoms with E-state index in [4.69, 9.17) is 9.47 Å². The molecule has 0 unspecified atom stereocenters. The zero-order chi connectivity index (χ0) is 31.9. The fourth-order valence-corrected chi connectivity index (χ4v) is 6.40. The van der Waals surface area contributed by atoms with Gasteiger partial charge in [-0.2, -0.15) is 0 Å². The third kappa shape index (κ3) is 6.87. The minimum atomic E-state index is -0.364. The Kier molecular flexibility index (Phi) is 9.56. The molecule has 2 aliphatic rings. The SMILES string of the molecule is O=C1c2ccccc2C(=O)N1CCOC(=Nc1ccccc1)SSC(=Nc1ccccc1)OCCN1C(=O)c2ccccc2C1=O. The lowest BCUT2D eigenvalue weighted by Crippen LogP contribution is -2.33. The van der Waals surface area contributed by atoms with Gasteiger partial charge in [0.05, 0.1) is 46.7 Å². The Balaban J connectivity index is 1.13. The molecule has 6 rings (SSSR count). The van der Waals surface area contributed by atoms with Crippen LogP contribution in [0.2, 0.25) is 0 Å². The van der Waals surface area contributed by atoms with Crippen molar-refractivity contribution in [3.05, 3.63) is 131 Å². The maximum Gasteiger partial charge on any atom is 0.262 e. The van der Waals surface area contributed by atoms with Crippen LogP contribution in [-0.4, -0.2) is 70.2 Å². The molecule has 0 bridgehead atoms. The largest absolute Gasteiger partial charge is 0.470 e. The topological polar surface area (TPSA) is 118 Å². The molecule has 0 saturated carbocycles. The molecule has 4 aromatic rings. The quantitative estimate of drug-likeness (QED) is 0.0935. The van der Waals surface area contributed by atoms with Gasteiger partial charge in [-0.1, -0.05) is 60.7 Å². The summed E-state index contributed by atoms with van der Waals surface area (Å²) >= 11 is 0. The van der Waals surface area contributed by atoms with Crippen molar-refractivity contribution in [1.82, 2.24) is 9.80 Å². The molecule has 4 aromatic carbocycles. The summed E-state index contributed by atoms with van der Waals surface area (Å²) in [4.78, 5) is 62.7. The molecule has 0 aliphatic carbocycles. The summed E-state index contributed by atoms with van der Waals surface area (Å²) in [5, 5.41) is 0.495. The number of imide groups is 2. The van der Waals surface area contributed by atoms with E-state index in [0.717, 1.165) is 31.4 Å².